The van der Waals surface area contributed by atoms with E-state index in [0.717, 1.165) is 12.0 Å². The van der Waals surface area contributed by atoms with E-state index >= 15 is 0 Å². The first-order valence-electron chi connectivity index (χ1n) is 7.09. The highest BCUT2D eigenvalue weighted by Gasteiger charge is 2.16. The zero-order chi connectivity index (χ0) is 16.8. The van der Waals surface area contributed by atoms with Crippen LogP contribution in [0.1, 0.15) is 29.3 Å². The molecule has 0 fully saturated rings. The maximum atomic E-state index is 12.3. The first-order valence-corrected chi connectivity index (χ1v) is 7.49. The van der Waals surface area contributed by atoms with E-state index in [0.29, 0.717) is 23.8 Å². The minimum atomic E-state index is -0.363. The van der Waals surface area contributed by atoms with Gasteiger partial charge < -0.3 is 4.74 Å². The molecule has 2 N–H and O–H groups in total. The smallest absolute Gasteiger partial charge is 0.261 e. The van der Waals surface area contributed by atoms with Gasteiger partial charge in [0.25, 0.3) is 5.91 Å². The van der Waals surface area contributed by atoms with Gasteiger partial charge in [0.15, 0.2) is 5.11 Å². The largest absolute Gasteiger partial charge is 0.496 e. The number of carbonyl (C=O) groups excluding carboxylic acids is 1. The predicted octanol–water partition coefficient (Wildman–Crippen LogP) is 1.53. The minimum absolute atomic E-state index is 0.116. The summed E-state index contributed by atoms with van der Waals surface area (Å²) in [5.41, 5.74) is 1.27. The fourth-order valence-corrected chi connectivity index (χ4v) is 2.25. The van der Waals surface area contributed by atoms with E-state index in [1.807, 2.05) is 19.9 Å². The highest BCUT2D eigenvalue weighted by atomic mass is 32.1. The fraction of sp³-hybridized carbons (Fsp3) is 0.357. The summed E-state index contributed by atoms with van der Waals surface area (Å²) in [4.78, 5) is 12.3. The number of rotatable bonds is 5. The second-order valence-electron chi connectivity index (χ2n) is 4.79. The lowest BCUT2D eigenvalue weighted by Gasteiger charge is -2.12. The molecule has 0 bridgehead atoms. The molecule has 9 heteroatoms. The highest BCUT2D eigenvalue weighted by Crippen LogP contribution is 2.22. The van der Waals surface area contributed by atoms with Gasteiger partial charge in [0.05, 0.1) is 12.7 Å². The molecule has 0 aliphatic heterocycles. The Morgan fingerprint density at radius 1 is 1.43 bits per heavy atom. The maximum Gasteiger partial charge on any atom is 0.261 e. The third-order valence-electron chi connectivity index (χ3n) is 3.08. The molecule has 0 saturated carbocycles. The van der Waals surface area contributed by atoms with E-state index in [-0.39, 0.29) is 11.0 Å². The number of nitrogens with one attached hydrogen (secondary N) is 2. The van der Waals surface area contributed by atoms with Crippen LogP contribution >= 0.6 is 12.2 Å². The van der Waals surface area contributed by atoms with Crippen LogP contribution in [0.5, 0.6) is 5.75 Å². The van der Waals surface area contributed by atoms with Crippen LogP contribution in [0.3, 0.4) is 0 Å². The molecule has 1 amide bonds. The van der Waals surface area contributed by atoms with Crippen molar-refractivity contribution >= 4 is 29.2 Å². The molecule has 0 aliphatic carbocycles. The molecule has 0 saturated heterocycles. The summed E-state index contributed by atoms with van der Waals surface area (Å²) in [7, 11) is 1.52. The normalized spacial score (nSPS) is 10.2. The molecule has 0 atom stereocenters. The summed E-state index contributed by atoms with van der Waals surface area (Å²) in [6.07, 6.45) is 0.874. The number of para-hydroxylation sites is 1. The monoisotopic (exact) mass is 334 g/mol. The number of hydrogen-bond donors (Lipinski definition) is 2. The van der Waals surface area contributed by atoms with Gasteiger partial charge in [0.2, 0.25) is 5.95 Å². The Labute approximate surface area is 139 Å². The molecule has 1 heterocycles. The van der Waals surface area contributed by atoms with Gasteiger partial charge in [-0.3, -0.25) is 15.4 Å². The molecule has 1 aromatic carbocycles. The van der Waals surface area contributed by atoms with Crippen LogP contribution in [-0.4, -0.2) is 38.3 Å². The molecule has 2 aromatic rings. The Morgan fingerprint density at radius 2 is 2.22 bits per heavy atom. The van der Waals surface area contributed by atoms with Crippen LogP contribution in [0, 0.1) is 6.92 Å². The van der Waals surface area contributed by atoms with E-state index in [1.54, 1.807) is 16.8 Å². The molecule has 23 heavy (non-hydrogen) atoms. The molecule has 0 spiro atoms. The molecule has 122 valence electrons. The molecule has 0 radical (unpaired) electrons. The van der Waals surface area contributed by atoms with E-state index in [2.05, 4.69) is 26.2 Å². The molecule has 2 rings (SSSR count). The number of hydrogen-bond acceptors (Lipinski definition) is 6. The molecule has 0 unspecified atom stereocenters. The number of benzene rings is 1. The Balaban J connectivity index is 2.07. The lowest BCUT2D eigenvalue weighted by molar-refractivity contribution is 0.0974. The van der Waals surface area contributed by atoms with E-state index in [1.165, 1.54) is 7.11 Å². The van der Waals surface area contributed by atoms with Crippen molar-refractivity contribution in [1.82, 2.24) is 25.5 Å². The summed E-state index contributed by atoms with van der Waals surface area (Å²) < 4.78 is 6.85. The Bertz CT molecular complexity index is 715. The van der Waals surface area contributed by atoms with Crippen LogP contribution < -0.4 is 15.4 Å². The first-order chi connectivity index (χ1) is 11.1. The van der Waals surface area contributed by atoms with Gasteiger partial charge in [0, 0.05) is 6.54 Å². The molecule has 8 nitrogen and oxygen atoms in total. The second kappa shape index (κ2) is 7.63. The van der Waals surface area contributed by atoms with Crippen LogP contribution in [0.4, 0.5) is 5.95 Å². The number of amides is 1. The average molecular weight is 334 g/mol. The van der Waals surface area contributed by atoms with Crippen molar-refractivity contribution < 1.29 is 9.53 Å². The number of nitrogens with zero attached hydrogens (tertiary/aromatic N) is 4. The van der Waals surface area contributed by atoms with Crippen molar-refractivity contribution in [3.63, 3.8) is 0 Å². The van der Waals surface area contributed by atoms with Crippen LogP contribution in [0.15, 0.2) is 18.2 Å². The van der Waals surface area contributed by atoms with E-state index < -0.39 is 0 Å². The number of tetrazole rings is 1. The third-order valence-corrected chi connectivity index (χ3v) is 3.28. The van der Waals surface area contributed by atoms with Crippen LogP contribution in [0.25, 0.3) is 0 Å². The van der Waals surface area contributed by atoms with Crippen molar-refractivity contribution in [2.45, 2.75) is 26.8 Å². The Hall–Kier alpha value is -2.55. The maximum absolute atomic E-state index is 12.3. The Kier molecular flexibility index (Phi) is 5.58. The van der Waals surface area contributed by atoms with Gasteiger partial charge in [-0.1, -0.05) is 24.2 Å². The molecular weight excluding hydrogens is 316 g/mol. The molecular formula is C14H18N6O2S. The molecule has 1 aromatic heterocycles. The van der Waals surface area contributed by atoms with Gasteiger partial charge in [0.1, 0.15) is 5.75 Å². The fourth-order valence-electron chi connectivity index (χ4n) is 2.06. The van der Waals surface area contributed by atoms with Crippen molar-refractivity contribution in [2.24, 2.45) is 0 Å². The number of aryl methyl sites for hydroxylation is 2. The third kappa shape index (κ3) is 4.01. The van der Waals surface area contributed by atoms with Gasteiger partial charge >= 0.3 is 0 Å². The van der Waals surface area contributed by atoms with Gasteiger partial charge in [-0.2, -0.15) is 0 Å². The van der Waals surface area contributed by atoms with Crippen molar-refractivity contribution in [2.75, 3.05) is 12.4 Å². The number of ether oxygens (including phenoxy) is 1. The predicted molar refractivity (Wildman–Crippen MR) is 89.5 cm³/mol. The van der Waals surface area contributed by atoms with Gasteiger partial charge in [-0.15, -0.1) is 0 Å². The number of carbonyl (C=O) groups is 1. The standard InChI is InChI=1S/C14H18N6O2S/c1-4-8-20-13(17-18-19-20)16-14(23)15-12(21)10-7-5-6-9(2)11(10)22-3/h5-7H,4,8H2,1-3H3,(H2,15,16,17,19,21,23). The number of methoxy groups -OCH3 is 1. The summed E-state index contributed by atoms with van der Waals surface area (Å²) in [6, 6.07) is 5.32. The zero-order valence-electron chi connectivity index (χ0n) is 13.2. The summed E-state index contributed by atoms with van der Waals surface area (Å²) in [5, 5.41) is 16.8. The first kappa shape index (κ1) is 16.8. The quantitative estimate of drug-likeness (QED) is 0.801. The van der Waals surface area contributed by atoms with Crippen LogP contribution in [-0.2, 0) is 6.54 Å². The van der Waals surface area contributed by atoms with E-state index in [4.69, 9.17) is 17.0 Å². The molecule has 0 aliphatic rings. The van der Waals surface area contributed by atoms with Crippen LogP contribution in [0.2, 0.25) is 0 Å². The van der Waals surface area contributed by atoms with Crippen molar-refractivity contribution in [3.8, 4) is 5.75 Å². The zero-order valence-corrected chi connectivity index (χ0v) is 14.0. The minimum Gasteiger partial charge on any atom is -0.496 e. The summed E-state index contributed by atoms with van der Waals surface area (Å²) in [6.45, 7) is 4.53. The number of thiocarbonyl (C=S) groups is 1. The van der Waals surface area contributed by atoms with Gasteiger partial charge in [-0.25, -0.2) is 4.68 Å². The average Bonchev–Trinajstić information content (AvgIpc) is 2.94. The topological polar surface area (TPSA) is 94.0 Å². The lowest BCUT2D eigenvalue weighted by atomic mass is 10.1. The second-order valence-corrected chi connectivity index (χ2v) is 5.20. The summed E-state index contributed by atoms with van der Waals surface area (Å²) in [5.74, 6) is 0.537. The number of anilines is 1. The highest BCUT2D eigenvalue weighted by molar-refractivity contribution is 7.80. The lowest BCUT2D eigenvalue weighted by Crippen LogP contribution is -2.35. The Morgan fingerprint density at radius 3 is 2.91 bits per heavy atom. The van der Waals surface area contributed by atoms with Crippen molar-refractivity contribution in [3.05, 3.63) is 29.3 Å². The SMILES string of the molecule is CCCn1nnnc1NC(=S)NC(=O)c1cccc(C)c1OC. The van der Waals surface area contributed by atoms with E-state index in [9.17, 15) is 4.79 Å². The van der Waals surface area contributed by atoms with Crippen molar-refractivity contribution in [1.29, 1.82) is 0 Å². The van der Waals surface area contributed by atoms with Gasteiger partial charge in [-0.05, 0) is 47.6 Å². The summed E-state index contributed by atoms with van der Waals surface area (Å²) >= 11 is 5.14. The number of aromatic nitrogens is 4.